The maximum atomic E-state index is 12.6. The molecule has 1 heterocycles. The van der Waals surface area contributed by atoms with Crippen LogP contribution in [0.15, 0.2) is 23.1 Å². The second kappa shape index (κ2) is 8.04. The van der Waals surface area contributed by atoms with Crippen molar-refractivity contribution >= 4 is 21.6 Å². The lowest BCUT2D eigenvalue weighted by Gasteiger charge is -2.25. The first kappa shape index (κ1) is 18.0. The van der Waals surface area contributed by atoms with Gasteiger partial charge < -0.3 is 10.1 Å². The van der Waals surface area contributed by atoms with Gasteiger partial charge in [-0.1, -0.05) is 18.0 Å². The van der Waals surface area contributed by atoms with E-state index in [0.717, 1.165) is 38.8 Å². The van der Waals surface area contributed by atoms with E-state index in [1.807, 2.05) is 0 Å². The van der Waals surface area contributed by atoms with E-state index >= 15 is 0 Å². The number of halogens is 1. The molecule has 134 valence electrons. The van der Waals surface area contributed by atoms with Gasteiger partial charge >= 0.3 is 0 Å². The molecule has 1 atom stereocenters. The van der Waals surface area contributed by atoms with Crippen LogP contribution in [0.4, 0.5) is 0 Å². The van der Waals surface area contributed by atoms with Crippen molar-refractivity contribution in [2.24, 2.45) is 11.8 Å². The average molecular weight is 373 g/mol. The maximum Gasteiger partial charge on any atom is 0.244 e. The second-order valence-corrected chi connectivity index (χ2v) is 8.92. The van der Waals surface area contributed by atoms with Crippen molar-refractivity contribution in [1.29, 1.82) is 0 Å². The van der Waals surface area contributed by atoms with Crippen LogP contribution in [0.5, 0.6) is 5.75 Å². The number of rotatable bonds is 8. The van der Waals surface area contributed by atoms with Crippen LogP contribution < -0.4 is 14.8 Å². The van der Waals surface area contributed by atoms with Gasteiger partial charge in [0.2, 0.25) is 10.0 Å². The summed E-state index contributed by atoms with van der Waals surface area (Å²) >= 11 is 6.01. The van der Waals surface area contributed by atoms with Gasteiger partial charge in [-0.2, -0.15) is 0 Å². The summed E-state index contributed by atoms with van der Waals surface area (Å²) in [6, 6.07) is 4.79. The van der Waals surface area contributed by atoms with Crippen LogP contribution in [0, 0.1) is 11.8 Å². The van der Waals surface area contributed by atoms with E-state index in [-0.39, 0.29) is 4.90 Å². The second-order valence-electron chi connectivity index (χ2n) is 6.74. The third kappa shape index (κ3) is 4.63. The predicted octanol–water partition coefficient (Wildman–Crippen LogP) is 2.80. The highest BCUT2D eigenvalue weighted by molar-refractivity contribution is 7.89. The Morgan fingerprint density at radius 1 is 1.25 bits per heavy atom. The zero-order valence-corrected chi connectivity index (χ0v) is 15.3. The van der Waals surface area contributed by atoms with Crippen molar-refractivity contribution in [2.75, 3.05) is 26.2 Å². The molecule has 24 heavy (non-hydrogen) atoms. The van der Waals surface area contributed by atoms with Crippen LogP contribution in [-0.4, -0.2) is 34.7 Å². The predicted molar refractivity (Wildman–Crippen MR) is 95.1 cm³/mol. The number of sulfonamides is 1. The van der Waals surface area contributed by atoms with E-state index in [2.05, 4.69) is 10.0 Å². The van der Waals surface area contributed by atoms with Crippen LogP contribution in [0.3, 0.4) is 0 Å². The first-order chi connectivity index (χ1) is 11.5. The molecule has 0 aromatic heterocycles. The van der Waals surface area contributed by atoms with Crippen molar-refractivity contribution < 1.29 is 13.2 Å². The minimum atomic E-state index is -3.62. The van der Waals surface area contributed by atoms with Crippen LogP contribution >= 0.6 is 11.6 Å². The third-order valence-electron chi connectivity index (χ3n) is 4.90. The highest BCUT2D eigenvalue weighted by atomic mass is 35.5. The number of nitrogens with one attached hydrogen (secondary N) is 2. The van der Waals surface area contributed by atoms with Gasteiger partial charge in [0.1, 0.15) is 10.6 Å². The summed E-state index contributed by atoms with van der Waals surface area (Å²) in [5.74, 6) is 1.47. The zero-order valence-electron chi connectivity index (χ0n) is 13.8. The first-order valence-corrected chi connectivity index (χ1v) is 10.5. The van der Waals surface area contributed by atoms with Crippen LogP contribution in [0.25, 0.3) is 0 Å². The summed E-state index contributed by atoms with van der Waals surface area (Å²) in [6.07, 6.45) is 5.49. The van der Waals surface area contributed by atoms with Gasteiger partial charge in [0, 0.05) is 11.6 Å². The molecule has 2 aliphatic rings. The zero-order chi connectivity index (χ0) is 17.0. The molecule has 0 radical (unpaired) electrons. The molecule has 2 N–H and O–H groups in total. The lowest BCUT2D eigenvalue weighted by Crippen LogP contribution is -2.27. The molecule has 0 spiro atoms. The van der Waals surface area contributed by atoms with Crippen LogP contribution in [-0.2, 0) is 10.0 Å². The molecule has 1 aromatic carbocycles. The fourth-order valence-corrected chi connectivity index (χ4v) is 4.57. The molecule has 1 saturated carbocycles. The summed E-state index contributed by atoms with van der Waals surface area (Å²) in [7, 11) is -3.62. The number of hydrogen-bond donors (Lipinski definition) is 2. The van der Waals surface area contributed by atoms with Crippen LogP contribution in [0.1, 0.15) is 32.1 Å². The fraction of sp³-hybridized carbons (Fsp3) is 0.647. The topological polar surface area (TPSA) is 67.4 Å². The Balaban J connectivity index is 1.64. The molecule has 3 rings (SSSR count). The SMILES string of the molecule is O=S(=O)(NCCC1CCNC1)c1cc(Cl)ccc1OCC1CCC1. The summed E-state index contributed by atoms with van der Waals surface area (Å²) in [5, 5.41) is 3.69. The Morgan fingerprint density at radius 2 is 2.08 bits per heavy atom. The van der Waals surface area contributed by atoms with Gasteiger partial charge in [0.25, 0.3) is 0 Å². The molecule has 1 saturated heterocycles. The van der Waals surface area contributed by atoms with Gasteiger partial charge in [-0.15, -0.1) is 0 Å². The normalized spacial score (nSPS) is 21.6. The molecular formula is C17H25ClN2O3S. The fourth-order valence-electron chi connectivity index (χ4n) is 3.11. The van der Waals surface area contributed by atoms with E-state index in [1.165, 1.54) is 12.5 Å². The Morgan fingerprint density at radius 3 is 2.75 bits per heavy atom. The summed E-state index contributed by atoms with van der Waals surface area (Å²) in [4.78, 5) is 0.138. The lowest BCUT2D eigenvalue weighted by atomic mass is 9.86. The maximum absolute atomic E-state index is 12.6. The molecule has 1 aliphatic heterocycles. The quantitative estimate of drug-likeness (QED) is 0.736. The molecule has 2 fully saturated rings. The standard InChI is InChI=1S/C17H25ClN2O3S/c18-15-4-5-16(23-12-14-2-1-3-14)17(10-15)24(21,22)20-9-7-13-6-8-19-11-13/h4-5,10,13-14,19-20H,1-3,6-9,11-12H2. The molecular weight excluding hydrogens is 348 g/mol. The van der Waals surface area contributed by atoms with Crippen molar-refractivity contribution in [1.82, 2.24) is 10.0 Å². The number of benzene rings is 1. The van der Waals surface area contributed by atoms with Gasteiger partial charge in [-0.25, -0.2) is 13.1 Å². The summed E-state index contributed by atoms with van der Waals surface area (Å²) < 4.78 is 33.7. The summed E-state index contributed by atoms with van der Waals surface area (Å²) in [6.45, 7) is 2.99. The smallest absolute Gasteiger partial charge is 0.244 e. The van der Waals surface area contributed by atoms with Crippen molar-refractivity contribution in [2.45, 2.75) is 37.0 Å². The minimum absolute atomic E-state index is 0.138. The van der Waals surface area contributed by atoms with E-state index in [9.17, 15) is 8.42 Å². The Labute approximate surface area is 149 Å². The molecule has 1 aromatic rings. The Hall–Kier alpha value is -0.820. The van der Waals surface area contributed by atoms with E-state index < -0.39 is 10.0 Å². The van der Waals surface area contributed by atoms with E-state index in [1.54, 1.807) is 12.1 Å². The summed E-state index contributed by atoms with van der Waals surface area (Å²) in [5.41, 5.74) is 0. The third-order valence-corrected chi connectivity index (χ3v) is 6.62. The monoisotopic (exact) mass is 372 g/mol. The van der Waals surface area contributed by atoms with Crippen molar-refractivity contribution in [3.05, 3.63) is 23.2 Å². The first-order valence-electron chi connectivity index (χ1n) is 8.67. The average Bonchev–Trinajstić information content (AvgIpc) is 3.00. The minimum Gasteiger partial charge on any atom is -0.492 e. The molecule has 5 nitrogen and oxygen atoms in total. The highest BCUT2D eigenvalue weighted by Gasteiger charge is 2.23. The Kier molecular flexibility index (Phi) is 6.02. The molecule has 7 heteroatoms. The number of ether oxygens (including phenoxy) is 1. The molecule has 0 amide bonds. The van der Waals surface area contributed by atoms with Gasteiger partial charge in [-0.3, -0.25) is 0 Å². The number of hydrogen-bond acceptors (Lipinski definition) is 4. The van der Waals surface area contributed by atoms with Gasteiger partial charge in [0.05, 0.1) is 6.61 Å². The van der Waals surface area contributed by atoms with Crippen molar-refractivity contribution in [3.8, 4) is 5.75 Å². The lowest BCUT2D eigenvalue weighted by molar-refractivity contribution is 0.177. The van der Waals surface area contributed by atoms with E-state index in [0.29, 0.717) is 35.8 Å². The van der Waals surface area contributed by atoms with E-state index in [4.69, 9.17) is 16.3 Å². The highest BCUT2D eigenvalue weighted by Crippen LogP contribution is 2.31. The largest absolute Gasteiger partial charge is 0.492 e. The van der Waals surface area contributed by atoms with Crippen molar-refractivity contribution in [3.63, 3.8) is 0 Å². The van der Waals surface area contributed by atoms with Gasteiger partial charge in [-0.05, 0) is 68.8 Å². The molecule has 1 aliphatic carbocycles. The van der Waals surface area contributed by atoms with Gasteiger partial charge in [0.15, 0.2) is 0 Å². The molecule has 0 bridgehead atoms. The Bertz CT molecular complexity index is 656. The molecule has 1 unspecified atom stereocenters. The van der Waals surface area contributed by atoms with Crippen LogP contribution in [0.2, 0.25) is 5.02 Å².